The van der Waals surface area contributed by atoms with E-state index in [1.165, 1.54) is 5.56 Å². The Morgan fingerprint density at radius 3 is 2.79 bits per heavy atom. The van der Waals surface area contributed by atoms with Crippen molar-refractivity contribution in [2.45, 2.75) is 26.3 Å². The van der Waals surface area contributed by atoms with E-state index in [0.717, 1.165) is 77.2 Å². The topological polar surface area (TPSA) is 83.3 Å². The molecule has 3 aromatic heterocycles. The lowest BCUT2D eigenvalue weighted by atomic mass is 10.0. The smallest absolute Gasteiger partial charge is 0.158 e. The average Bonchev–Trinajstić information content (AvgIpc) is 3.58. The van der Waals surface area contributed by atoms with E-state index in [1.807, 2.05) is 16.8 Å². The number of fused-ring (bicyclic) bond motifs is 2. The van der Waals surface area contributed by atoms with Crippen molar-refractivity contribution in [3.8, 4) is 10.6 Å². The number of aromatic nitrogens is 5. The van der Waals surface area contributed by atoms with Crippen LogP contribution in [0.2, 0.25) is 0 Å². The first-order valence-corrected chi connectivity index (χ1v) is 12.4. The highest BCUT2D eigenvalue weighted by molar-refractivity contribution is 7.14. The van der Waals surface area contributed by atoms with Gasteiger partial charge in [0.2, 0.25) is 0 Å². The quantitative estimate of drug-likeness (QED) is 0.453. The predicted molar refractivity (Wildman–Crippen MR) is 131 cm³/mol. The molecule has 0 aliphatic carbocycles. The fourth-order valence-electron chi connectivity index (χ4n) is 5.01. The second-order valence-electron chi connectivity index (χ2n) is 9.42. The van der Waals surface area contributed by atoms with Crippen LogP contribution in [0.25, 0.3) is 16.1 Å². The fourth-order valence-corrected chi connectivity index (χ4v) is 5.85. The van der Waals surface area contributed by atoms with E-state index in [1.54, 1.807) is 17.7 Å². The van der Waals surface area contributed by atoms with Gasteiger partial charge in [-0.15, -0.1) is 10.2 Å². The lowest BCUT2D eigenvalue weighted by molar-refractivity contribution is 0.307. The minimum absolute atomic E-state index is 0.381. The summed E-state index contributed by atoms with van der Waals surface area (Å²) in [5.41, 5.74) is 4.33. The maximum atomic E-state index is 4.60. The predicted octanol–water partition coefficient (Wildman–Crippen LogP) is 3.77. The average molecular weight is 461 g/mol. The summed E-state index contributed by atoms with van der Waals surface area (Å²) in [6.07, 6.45) is 3.63. The van der Waals surface area contributed by atoms with Crippen molar-refractivity contribution in [2.24, 2.45) is 11.8 Å². The van der Waals surface area contributed by atoms with Crippen molar-refractivity contribution >= 4 is 28.4 Å². The Balaban J connectivity index is 1.26. The van der Waals surface area contributed by atoms with Gasteiger partial charge in [-0.25, -0.2) is 9.50 Å². The molecule has 0 radical (unpaired) electrons. The van der Waals surface area contributed by atoms with E-state index in [2.05, 4.69) is 73.9 Å². The van der Waals surface area contributed by atoms with E-state index in [0.29, 0.717) is 5.92 Å². The summed E-state index contributed by atoms with van der Waals surface area (Å²) in [6.45, 7) is 9.83. The van der Waals surface area contributed by atoms with Crippen molar-refractivity contribution in [1.29, 1.82) is 0 Å². The summed E-state index contributed by atoms with van der Waals surface area (Å²) in [6, 6.07) is 10.5. The van der Waals surface area contributed by atoms with Gasteiger partial charge in [0, 0.05) is 43.0 Å². The molecule has 2 fully saturated rings. The maximum Gasteiger partial charge on any atom is 0.158 e. The van der Waals surface area contributed by atoms with E-state index in [4.69, 9.17) is 0 Å². The second kappa shape index (κ2) is 8.48. The lowest BCUT2D eigenvalue weighted by Gasteiger charge is -2.17. The molecule has 0 bridgehead atoms. The molecule has 5 heterocycles. The number of nitrogens with zero attached hydrogens (tertiary/aromatic N) is 6. The van der Waals surface area contributed by atoms with Gasteiger partial charge < -0.3 is 10.6 Å². The number of hydrogen-bond acceptors (Lipinski definition) is 8. The summed E-state index contributed by atoms with van der Waals surface area (Å²) in [4.78, 5) is 7.17. The molecule has 33 heavy (non-hydrogen) atoms. The van der Waals surface area contributed by atoms with Crippen LogP contribution < -0.4 is 10.6 Å². The molecule has 1 aromatic carbocycles. The molecule has 2 N–H and O–H groups in total. The van der Waals surface area contributed by atoms with Gasteiger partial charge in [0.05, 0.1) is 0 Å². The van der Waals surface area contributed by atoms with E-state index in [-0.39, 0.29) is 0 Å². The molecular formula is C24H28N8S. The van der Waals surface area contributed by atoms with Crippen molar-refractivity contribution in [3.05, 3.63) is 53.4 Å². The third-order valence-electron chi connectivity index (χ3n) is 6.70. The molecule has 0 spiro atoms. The van der Waals surface area contributed by atoms with Crippen molar-refractivity contribution in [2.75, 3.05) is 31.5 Å². The number of anilines is 2. The molecule has 2 atom stereocenters. The first-order valence-electron chi connectivity index (χ1n) is 11.6. The minimum Gasteiger partial charge on any atom is -0.338 e. The van der Waals surface area contributed by atoms with Crippen LogP contribution in [0.5, 0.6) is 0 Å². The third kappa shape index (κ3) is 4.01. The van der Waals surface area contributed by atoms with Crippen molar-refractivity contribution in [3.63, 3.8) is 0 Å². The molecule has 8 nitrogen and oxygen atoms in total. The molecular weight excluding hydrogens is 432 g/mol. The van der Waals surface area contributed by atoms with Crippen LogP contribution in [0.1, 0.15) is 30.3 Å². The molecule has 2 aliphatic rings. The van der Waals surface area contributed by atoms with Gasteiger partial charge in [0.25, 0.3) is 0 Å². The van der Waals surface area contributed by atoms with Crippen LogP contribution in [0, 0.1) is 11.8 Å². The van der Waals surface area contributed by atoms with Crippen LogP contribution in [0.15, 0.2) is 42.9 Å². The first-order chi connectivity index (χ1) is 16.1. The number of benzene rings is 1. The summed E-state index contributed by atoms with van der Waals surface area (Å²) in [5.74, 6) is 2.77. The third-order valence-corrected chi connectivity index (χ3v) is 7.98. The Morgan fingerprint density at radius 2 is 2.00 bits per heavy atom. The normalized spacial score (nSPS) is 20.7. The van der Waals surface area contributed by atoms with Crippen LogP contribution in [-0.4, -0.2) is 55.9 Å². The SMILES string of the molecule is CC(C)c1nnc(-c2cccc(Nc3ncnn4ccc(CN5CC6CNCC6C5)c34)c2)s1. The molecule has 170 valence electrons. The second-order valence-corrected chi connectivity index (χ2v) is 10.4. The van der Waals surface area contributed by atoms with Gasteiger partial charge in [0.1, 0.15) is 21.9 Å². The van der Waals surface area contributed by atoms with Crippen LogP contribution in [-0.2, 0) is 6.54 Å². The number of nitrogens with one attached hydrogen (secondary N) is 2. The number of hydrogen-bond donors (Lipinski definition) is 2. The standard InChI is InChI=1S/C24H28N8S/c1-15(2)23-29-30-24(33-23)16-4-3-5-20(8-16)28-22-21-17(6-7-32(21)27-14-26-22)11-31-12-18-9-25-10-19(18)13-31/h3-8,14-15,18-19,25H,9-13H2,1-2H3,(H,26,27,28). The number of likely N-dealkylation sites (tertiary alicyclic amines) is 1. The Morgan fingerprint density at radius 1 is 1.15 bits per heavy atom. The zero-order valence-electron chi connectivity index (χ0n) is 18.9. The van der Waals surface area contributed by atoms with Crippen LogP contribution in [0.3, 0.4) is 0 Å². The summed E-state index contributed by atoms with van der Waals surface area (Å²) in [5, 5.41) is 22.2. The Hall–Kier alpha value is -2.88. The molecule has 2 aliphatic heterocycles. The van der Waals surface area contributed by atoms with E-state index in [9.17, 15) is 0 Å². The zero-order chi connectivity index (χ0) is 22.4. The fraction of sp³-hybridized carbons (Fsp3) is 0.417. The zero-order valence-corrected chi connectivity index (χ0v) is 19.7. The van der Waals surface area contributed by atoms with Gasteiger partial charge in [-0.2, -0.15) is 5.10 Å². The Labute approximate surface area is 197 Å². The highest BCUT2D eigenvalue weighted by Gasteiger charge is 2.36. The molecule has 0 amide bonds. The highest BCUT2D eigenvalue weighted by atomic mass is 32.1. The largest absolute Gasteiger partial charge is 0.338 e. The summed E-state index contributed by atoms with van der Waals surface area (Å²) < 4.78 is 1.92. The van der Waals surface area contributed by atoms with Crippen LogP contribution in [0.4, 0.5) is 11.5 Å². The summed E-state index contributed by atoms with van der Waals surface area (Å²) in [7, 11) is 0. The Bertz CT molecular complexity index is 1270. The van der Waals surface area contributed by atoms with Gasteiger partial charge in [0.15, 0.2) is 5.82 Å². The number of rotatable bonds is 6. The Kier molecular flexibility index (Phi) is 5.32. The lowest BCUT2D eigenvalue weighted by Crippen LogP contribution is -2.25. The van der Waals surface area contributed by atoms with Crippen molar-refractivity contribution in [1.82, 2.24) is 35.0 Å². The van der Waals surface area contributed by atoms with E-state index < -0.39 is 0 Å². The highest BCUT2D eigenvalue weighted by Crippen LogP contribution is 2.32. The van der Waals surface area contributed by atoms with Crippen LogP contribution >= 0.6 is 11.3 Å². The van der Waals surface area contributed by atoms with Gasteiger partial charge in [-0.1, -0.05) is 37.3 Å². The molecule has 0 saturated carbocycles. The monoisotopic (exact) mass is 460 g/mol. The minimum atomic E-state index is 0.381. The molecule has 6 rings (SSSR count). The molecule has 9 heteroatoms. The molecule has 2 unspecified atom stereocenters. The van der Waals surface area contributed by atoms with Gasteiger partial charge >= 0.3 is 0 Å². The van der Waals surface area contributed by atoms with Gasteiger partial charge in [-0.05, 0) is 48.7 Å². The summed E-state index contributed by atoms with van der Waals surface area (Å²) >= 11 is 1.65. The first kappa shape index (κ1) is 20.7. The van der Waals surface area contributed by atoms with Gasteiger partial charge in [-0.3, -0.25) is 4.90 Å². The maximum absolute atomic E-state index is 4.60. The molecule has 2 saturated heterocycles. The van der Waals surface area contributed by atoms with Crippen molar-refractivity contribution < 1.29 is 0 Å². The molecule has 4 aromatic rings. The van der Waals surface area contributed by atoms with E-state index >= 15 is 0 Å².